The molecule has 2 atom stereocenters. The fourth-order valence-corrected chi connectivity index (χ4v) is 2.01. The lowest BCUT2D eigenvalue weighted by Gasteiger charge is -2.23. The van der Waals surface area contributed by atoms with Crippen LogP contribution in [0.5, 0.6) is 0 Å². The van der Waals surface area contributed by atoms with Crippen LogP contribution in [0.15, 0.2) is 0 Å². The van der Waals surface area contributed by atoms with Gasteiger partial charge in [0.05, 0.1) is 0 Å². The predicted octanol–water partition coefficient (Wildman–Crippen LogP) is 2.58. The van der Waals surface area contributed by atoms with Gasteiger partial charge >= 0.3 is 0 Å². The molecule has 14 heavy (non-hydrogen) atoms. The Kier molecular flexibility index (Phi) is 6.20. The Hall–Kier alpha value is -0.0800. The second-order valence-corrected chi connectivity index (χ2v) is 4.52. The number of nitrogens with one attached hydrogen (secondary N) is 1. The van der Waals surface area contributed by atoms with Crippen molar-refractivity contribution < 1.29 is 4.74 Å². The van der Waals surface area contributed by atoms with Crippen molar-refractivity contribution in [3.8, 4) is 0 Å². The highest BCUT2D eigenvalue weighted by Crippen LogP contribution is 2.19. The van der Waals surface area contributed by atoms with Crippen LogP contribution < -0.4 is 5.32 Å². The monoisotopic (exact) mass is 199 g/mol. The first-order chi connectivity index (χ1) is 6.83. The number of ether oxygens (including phenoxy) is 1. The van der Waals surface area contributed by atoms with Crippen molar-refractivity contribution in [2.75, 3.05) is 19.8 Å². The molecule has 0 saturated carbocycles. The van der Waals surface area contributed by atoms with Gasteiger partial charge in [-0.15, -0.1) is 0 Å². The zero-order valence-corrected chi connectivity index (χ0v) is 9.72. The lowest BCUT2D eigenvalue weighted by atomic mass is 9.95. The highest BCUT2D eigenvalue weighted by Gasteiger charge is 2.14. The summed E-state index contributed by atoms with van der Waals surface area (Å²) in [6, 6.07) is 0.678. The number of rotatable bonds is 6. The standard InChI is InChI=1S/C12H25NO/c1-3-8-13-11(2)6-7-12-5-4-9-14-10-12/h11-13H,3-10H2,1-2H3. The Labute approximate surface area is 88.4 Å². The van der Waals surface area contributed by atoms with Gasteiger partial charge < -0.3 is 10.1 Å². The zero-order valence-electron chi connectivity index (χ0n) is 9.72. The highest BCUT2D eigenvalue weighted by atomic mass is 16.5. The van der Waals surface area contributed by atoms with Crippen molar-refractivity contribution >= 4 is 0 Å². The second-order valence-electron chi connectivity index (χ2n) is 4.52. The van der Waals surface area contributed by atoms with Gasteiger partial charge in [-0.05, 0) is 51.5 Å². The van der Waals surface area contributed by atoms with E-state index in [9.17, 15) is 0 Å². The molecule has 1 aliphatic rings. The Morgan fingerprint density at radius 3 is 3.00 bits per heavy atom. The molecule has 2 heteroatoms. The molecule has 1 saturated heterocycles. The van der Waals surface area contributed by atoms with Crippen LogP contribution in [0.2, 0.25) is 0 Å². The molecule has 1 aliphatic heterocycles. The largest absolute Gasteiger partial charge is 0.381 e. The van der Waals surface area contributed by atoms with E-state index in [1.54, 1.807) is 0 Å². The third-order valence-electron chi connectivity index (χ3n) is 3.01. The molecule has 1 fully saturated rings. The molecular weight excluding hydrogens is 174 g/mol. The second kappa shape index (κ2) is 7.24. The normalized spacial score (nSPS) is 24.9. The van der Waals surface area contributed by atoms with Crippen molar-refractivity contribution in [3.05, 3.63) is 0 Å². The first-order valence-corrected chi connectivity index (χ1v) is 6.14. The van der Waals surface area contributed by atoms with Crippen LogP contribution in [0.3, 0.4) is 0 Å². The summed E-state index contributed by atoms with van der Waals surface area (Å²) >= 11 is 0. The van der Waals surface area contributed by atoms with Gasteiger partial charge in [0.15, 0.2) is 0 Å². The number of hydrogen-bond donors (Lipinski definition) is 1. The first kappa shape index (κ1) is 12.0. The molecular formula is C12H25NO. The summed E-state index contributed by atoms with van der Waals surface area (Å²) in [7, 11) is 0. The Bertz CT molecular complexity index is 132. The molecule has 0 aromatic carbocycles. The summed E-state index contributed by atoms with van der Waals surface area (Å²) < 4.78 is 5.48. The Morgan fingerprint density at radius 2 is 2.36 bits per heavy atom. The summed E-state index contributed by atoms with van der Waals surface area (Å²) in [5.74, 6) is 0.828. The molecule has 0 amide bonds. The maximum absolute atomic E-state index is 5.48. The predicted molar refractivity (Wildman–Crippen MR) is 60.5 cm³/mol. The molecule has 0 aromatic rings. The smallest absolute Gasteiger partial charge is 0.0494 e. The summed E-state index contributed by atoms with van der Waals surface area (Å²) in [5, 5.41) is 3.53. The van der Waals surface area contributed by atoms with Gasteiger partial charge in [0, 0.05) is 19.3 Å². The summed E-state index contributed by atoms with van der Waals surface area (Å²) in [5.41, 5.74) is 0. The van der Waals surface area contributed by atoms with E-state index in [2.05, 4.69) is 19.2 Å². The van der Waals surface area contributed by atoms with Gasteiger partial charge in [0.25, 0.3) is 0 Å². The summed E-state index contributed by atoms with van der Waals surface area (Å²) in [6.45, 7) is 7.65. The van der Waals surface area contributed by atoms with E-state index in [1.165, 1.54) is 32.1 Å². The lowest BCUT2D eigenvalue weighted by molar-refractivity contribution is 0.0501. The van der Waals surface area contributed by atoms with Crippen LogP contribution in [0, 0.1) is 5.92 Å². The Balaban J connectivity index is 2.00. The van der Waals surface area contributed by atoms with E-state index >= 15 is 0 Å². The highest BCUT2D eigenvalue weighted by molar-refractivity contribution is 4.67. The minimum atomic E-state index is 0.678. The molecule has 1 rings (SSSR count). The van der Waals surface area contributed by atoms with Crippen molar-refractivity contribution in [1.82, 2.24) is 5.32 Å². The van der Waals surface area contributed by atoms with Crippen LogP contribution in [0.1, 0.15) is 46.0 Å². The van der Waals surface area contributed by atoms with Crippen LogP contribution in [-0.2, 0) is 4.74 Å². The van der Waals surface area contributed by atoms with E-state index in [-0.39, 0.29) is 0 Å². The van der Waals surface area contributed by atoms with Crippen molar-refractivity contribution in [2.45, 2.75) is 52.0 Å². The summed E-state index contributed by atoms with van der Waals surface area (Å²) in [6.07, 6.45) is 6.50. The van der Waals surface area contributed by atoms with E-state index in [1.807, 2.05) is 0 Å². The Morgan fingerprint density at radius 1 is 1.50 bits per heavy atom. The number of hydrogen-bond acceptors (Lipinski definition) is 2. The van der Waals surface area contributed by atoms with Crippen LogP contribution in [0.4, 0.5) is 0 Å². The van der Waals surface area contributed by atoms with Crippen molar-refractivity contribution in [2.24, 2.45) is 5.92 Å². The van der Waals surface area contributed by atoms with Crippen LogP contribution in [0.25, 0.3) is 0 Å². The first-order valence-electron chi connectivity index (χ1n) is 6.14. The van der Waals surface area contributed by atoms with E-state index < -0.39 is 0 Å². The lowest BCUT2D eigenvalue weighted by Crippen LogP contribution is -2.28. The minimum absolute atomic E-state index is 0.678. The van der Waals surface area contributed by atoms with E-state index in [4.69, 9.17) is 4.74 Å². The fourth-order valence-electron chi connectivity index (χ4n) is 2.01. The molecule has 1 heterocycles. The maximum atomic E-state index is 5.48. The van der Waals surface area contributed by atoms with Gasteiger partial charge in [-0.25, -0.2) is 0 Å². The quantitative estimate of drug-likeness (QED) is 0.710. The van der Waals surface area contributed by atoms with Crippen LogP contribution >= 0.6 is 0 Å². The molecule has 0 spiro atoms. The third-order valence-corrected chi connectivity index (χ3v) is 3.01. The molecule has 84 valence electrons. The van der Waals surface area contributed by atoms with Gasteiger partial charge in [-0.1, -0.05) is 6.92 Å². The van der Waals surface area contributed by atoms with Crippen molar-refractivity contribution in [3.63, 3.8) is 0 Å². The molecule has 2 unspecified atom stereocenters. The topological polar surface area (TPSA) is 21.3 Å². The van der Waals surface area contributed by atoms with Crippen LogP contribution in [-0.4, -0.2) is 25.8 Å². The SMILES string of the molecule is CCCNC(C)CCC1CCCOC1. The molecule has 2 nitrogen and oxygen atoms in total. The molecule has 0 bridgehead atoms. The average Bonchev–Trinajstić information content (AvgIpc) is 2.25. The zero-order chi connectivity index (χ0) is 10.2. The van der Waals surface area contributed by atoms with Gasteiger partial charge in [-0.3, -0.25) is 0 Å². The van der Waals surface area contributed by atoms with Crippen molar-refractivity contribution in [1.29, 1.82) is 0 Å². The molecule has 0 radical (unpaired) electrons. The maximum Gasteiger partial charge on any atom is 0.0494 e. The average molecular weight is 199 g/mol. The molecule has 0 aromatic heterocycles. The molecule has 0 aliphatic carbocycles. The third kappa shape index (κ3) is 4.97. The van der Waals surface area contributed by atoms with Gasteiger partial charge in [0.2, 0.25) is 0 Å². The molecule has 1 N–H and O–H groups in total. The fraction of sp³-hybridized carbons (Fsp3) is 1.00. The van der Waals surface area contributed by atoms with Gasteiger partial charge in [-0.2, -0.15) is 0 Å². The van der Waals surface area contributed by atoms with Gasteiger partial charge in [0.1, 0.15) is 0 Å². The minimum Gasteiger partial charge on any atom is -0.381 e. The van der Waals surface area contributed by atoms with E-state index in [0.29, 0.717) is 6.04 Å². The van der Waals surface area contributed by atoms with E-state index in [0.717, 1.165) is 25.7 Å². The summed E-state index contributed by atoms with van der Waals surface area (Å²) in [4.78, 5) is 0.